The summed E-state index contributed by atoms with van der Waals surface area (Å²) in [4.78, 5) is 17.6. The zero-order valence-corrected chi connectivity index (χ0v) is 4.98. The van der Waals surface area contributed by atoms with Gasteiger partial charge in [0, 0.05) is 16.5 Å². The number of nitrogens with zero attached hydrogens (tertiary/aromatic N) is 1. The average Bonchev–Trinajstić information content (AvgIpc) is 1.65. The largest absolute Gasteiger partial charge is 0.476 e. The van der Waals surface area contributed by atoms with E-state index in [2.05, 4.69) is 9.68 Å². The fourth-order valence-electron chi connectivity index (χ4n) is 0.0745. The van der Waals surface area contributed by atoms with Crippen molar-refractivity contribution in [1.82, 2.24) is 0 Å². The summed E-state index contributed by atoms with van der Waals surface area (Å²) in [6.45, 7) is 0. The molecule has 0 N–H and O–H groups in total. The van der Waals surface area contributed by atoms with Crippen LogP contribution < -0.4 is 0 Å². The topological polar surface area (TPSA) is 38.5 Å². The maximum absolute atomic E-state index is 9.65. The van der Waals surface area contributed by atoms with E-state index in [9.17, 15) is 4.91 Å². The van der Waals surface area contributed by atoms with Crippen molar-refractivity contribution in [3.05, 3.63) is 4.91 Å². The molecule has 46 valence electrons. The van der Waals surface area contributed by atoms with E-state index in [-0.39, 0.29) is 21.6 Å². The summed E-state index contributed by atoms with van der Waals surface area (Å²) < 4.78 is 0. The van der Waals surface area contributed by atoms with Gasteiger partial charge in [-0.2, -0.15) is 9.68 Å². The Morgan fingerprint density at radius 3 is 1.57 bits per heavy atom. The molecule has 0 radical (unpaired) electrons. The summed E-state index contributed by atoms with van der Waals surface area (Å²) in [7, 11) is 2.44. The van der Waals surface area contributed by atoms with Crippen LogP contribution in [0.15, 0.2) is 0 Å². The second kappa shape index (κ2) is 5.69. The van der Waals surface area contributed by atoms with Gasteiger partial charge in [0.25, 0.3) is 0 Å². The molecule has 0 aromatic heterocycles. The molecule has 4 nitrogen and oxygen atoms in total. The Bertz CT molecular complexity index is 50.9. The van der Waals surface area contributed by atoms with Crippen molar-refractivity contribution in [1.29, 1.82) is 0 Å². The van der Waals surface area contributed by atoms with Crippen molar-refractivity contribution in [2.75, 3.05) is 14.2 Å². The van der Waals surface area contributed by atoms with Crippen molar-refractivity contribution in [3.63, 3.8) is 0 Å². The average molecular weight is 151 g/mol. The van der Waals surface area contributed by atoms with Gasteiger partial charge >= 0.3 is 5.09 Å². The van der Waals surface area contributed by atoms with Gasteiger partial charge in [0.2, 0.25) is 0 Å². The van der Waals surface area contributed by atoms with Crippen molar-refractivity contribution in [2.24, 2.45) is 0 Å². The van der Waals surface area contributed by atoms with Crippen LogP contribution >= 0.6 is 0 Å². The maximum Gasteiger partial charge on any atom is 0.476 e. The normalized spacial score (nSPS) is 6.00. The van der Waals surface area contributed by atoms with E-state index in [0.29, 0.717) is 0 Å². The molecule has 0 aliphatic heterocycles. The molecular weight excluding hydrogens is 145 g/mol. The standard InChI is InChI=1S/C2H6NO3.Ni/c1-5-3(4)6-2;/h1-2H3;/q+1;. The molecular formula is C2H6NNiO3+. The number of hydrogen-bond acceptors (Lipinski definition) is 3. The SMILES string of the molecule is CO[N+](=O)OC.[Ni]. The van der Waals surface area contributed by atoms with Crippen molar-refractivity contribution in [3.8, 4) is 0 Å². The van der Waals surface area contributed by atoms with Crippen LogP contribution in [0.1, 0.15) is 0 Å². The molecule has 0 spiro atoms. The Kier molecular flexibility index (Phi) is 8.01. The molecule has 0 amide bonds. The van der Waals surface area contributed by atoms with Gasteiger partial charge in [0.05, 0.1) is 0 Å². The first kappa shape index (κ1) is 9.85. The summed E-state index contributed by atoms with van der Waals surface area (Å²) in [5, 5.41) is 0. The minimum absolute atomic E-state index is 0. The van der Waals surface area contributed by atoms with Crippen LogP contribution in [-0.2, 0) is 26.2 Å². The molecule has 0 rings (SSSR count). The van der Waals surface area contributed by atoms with E-state index in [1.165, 1.54) is 14.2 Å². The van der Waals surface area contributed by atoms with Crippen molar-refractivity contribution in [2.45, 2.75) is 0 Å². The second-order valence-corrected chi connectivity index (χ2v) is 0.589. The first-order chi connectivity index (χ1) is 2.81. The van der Waals surface area contributed by atoms with Crippen LogP contribution in [0.3, 0.4) is 0 Å². The fraction of sp³-hybridized carbons (Fsp3) is 1.00. The van der Waals surface area contributed by atoms with E-state index in [1.807, 2.05) is 0 Å². The zero-order chi connectivity index (χ0) is 4.99. The Morgan fingerprint density at radius 2 is 1.57 bits per heavy atom. The monoisotopic (exact) mass is 150 g/mol. The third-order valence-corrected chi connectivity index (χ3v) is 0.298. The molecule has 0 fully saturated rings. The quantitative estimate of drug-likeness (QED) is 0.407. The molecule has 0 aromatic rings. The first-order valence-corrected chi connectivity index (χ1v) is 1.36. The Balaban J connectivity index is 0. The van der Waals surface area contributed by atoms with Gasteiger partial charge < -0.3 is 0 Å². The van der Waals surface area contributed by atoms with E-state index in [4.69, 9.17) is 0 Å². The van der Waals surface area contributed by atoms with Gasteiger partial charge in [0.15, 0.2) is 14.2 Å². The third-order valence-electron chi connectivity index (χ3n) is 0.298. The van der Waals surface area contributed by atoms with E-state index in [0.717, 1.165) is 0 Å². The molecule has 0 atom stereocenters. The Labute approximate surface area is 51.2 Å². The van der Waals surface area contributed by atoms with Crippen molar-refractivity contribution < 1.29 is 31.3 Å². The van der Waals surface area contributed by atoms with Crippen LogP contribution in [0.25, 0.3) is 0 Å². The summed E-state index contributed by atoms with van der Waals surface area (Å²) in [6, 6.07) is 0. The van der Waals surface area contributed by atoms with Gasteiger partial charge in [-0.3, -0.25) is 0 Å². The second-order valence-electron chi connectivity index (χ2n) is 0.589. The molecule has 5 heteroatoms. The first-order valence-electron chi connectivity index (χ1n) is 1.36. The fourth-order valence-corrected chi connectivity index (χ4v) is 0.0745. The zero-order valence-electron chi connectivity index (χ0n) is 3.99. The van der Waals surface area contributed by atoms with Gasteiger partial charge in [-0.05, 0) is 0 Å². The molecule has 7 heavy (non-hydrogen) atoms. The molecule has 0 aromatic carbocycles. The maximum atomic E-state index is 9.65. The summed E-state index contributed by atoms with van der Waals surface area (Å²) in [5.74, 6) is 0. The van der Waals surface area contributed by atoms with Gasteiger partial charge in [0.1, 0.15) is 4.91 Å². The third kappa shape index (κ3) is 5.69. The predicted octanol–water partition coefficient (Wildman–Crippen LogP) is -0.114. The summed E-state index contributed by atoms with van der Waals surface area (Å²) in [6.07, 6.45) is 0. The van der Waals surface area contributed by atoms with Crippen LogP contribution in [-0.4, -0.2) is 19.3 Å². The summed E-state index contributed by atoms with van der Waals surface area (Å²) in [5.41, 5.74) is 0. The molecule has 0 saturated carbocycles. The van der Waals surface area contributed by atoms with Crippen LogP contribution in [0.5, 0.6) is 0 Å². The van der Waals surface area contributed by atoms with Gasteiger partial charge in [-0.15, -0.1) is 0 Å². The van der Waals surface area contributed by atoms with Crippen LogP contribution in [0, 0.1) is 4.91 Å². The molecule has 0 heterocycles. The summed E-state index contributed by atoms with van der Waals surface area (Å²) >= 11 is 0. The van der Waals surface area contributed by atoms with Crippen LogP contribution in [0.4, 0.5) is 0 Å². The van der Waals surface area contributed by atoms with Crippen molar-refractivity contribution >= 4 is 0 Å². The minimum atomic E-state index is 0. The van der Waals surface area contributed by atoms with Gasteiger partial charge in [-0.1, -0.05) is 0 Å². The van der Waals surface area contributed by atoms with E-state index >= 15 is 0 Å². The number of hydrogen-bond donors (Lipinski definition) is 0. The molecule has 0 saturated heterocycles. The molecule has 0 bridgehead atoms. The van der Waals surface area contributed by atoms with Gasteiger partial charge in [-0.25, -0.2) is 0 Å². The molecule has 0 aliphatic carbocycles. The Hall–Kier alpha value is -0.306. The van der Waals surface area contributed by atoms with E-state index < -0.39 is 0 Å². The van der Waals surface area contributed by atoms with E-state index in [1.54, 1.807) is 0 Å². The number of rotatable bonds is 2. The molecule has 0 aliphatic rings. The Morgan fingerprint density at radius 1 is 1.29 bits per heavy atom. The predicted molar refractivity (Wildman–Crippen MR) is 17.6 cm³/mol. The molecule has 0 unspecified atom stereocenters. The minimum Gasteiger partial charge on any atom is -0.190 e. The smallest absolute Gasteiger partial charge is 0.190 e. The van der Waals surface area contributed by atoms with Crippen LogP contribution in [0.2, 0.25) is 0 Å².